The molecule has 0 saturated carbocycles. The molecule has 7 heteroatoms. The highest BCUT2D eigenvalue weighted by Gasteiger charge is 2.21. The van der Waals surface area contributed by atoms with Gasteiger partial charge in [0.05, 0.1) is 23.8 Å². The minimum Gasteiger partial charge on any atom is -0.352 e. The predicted molar refractivity (Wildman–Crippen MR) is 98.3 cm³/mol. The van der Waals surface area contributed by atoms with Crippen molar-refractivity contribution in [2.45, 2.75) is 19.4 Å². The average Bonchev–Trinajstić information content (AvgIpc) is 2.64. The molecule has 2 aromatic rings. The zero-order valence-corrected chi connectivity index (χ0v) is 14.7. The minimum absolute atomic E-state index is 0.00512. The van der Waals surface area contributed by atoms with E-state index in [1.165, 1.54) is 24.5 Å². The van der Waals surface area contributed by atoms with Crippen LogP contribution in [0.1, 0.15) is 12.8 Å². The summed E-state index contributed by atoms with van der Waals surface area (Å²) in [6.07, 6.45) is 5.00. The molecule has 1 amide bonds. The van der Waals surface area contributed by atoms with Gasteiger partial charge in [0.15, 0.2) is 0 Å². The number of amides is 1. The molecule has 1 aromatic heterocycles. The van der Waals surface area contributed by atoms with Crippen molar-refractivity contribution in [3.8, 4) is 0 Å². The number of rotatable bonds is 6. The van der Waals surface area contributed by atoms with Crippen LogP contribution in [0.15, 0.2) is 42.0 Å². The molecule has 1 N–H and O–H groups in total. The summed E-state index contributed by atoms with van der Waals surface area (Å²) in [6.45, 7) is 6.70. The van der Waals surface area contributed by atoms with Crippen LogP contribution < -0.4 is 10.9 Å². The van der Waals surface area contributed by atoms with Crippen molar-refractivity contribution in [2.75, 3.05) is 26.2 Å². The Labute approximate surface area is 151 Å². The average molecular weight is 358 g/mol. The van der Waals surface area contributed by atoms with E-state index in [-0.39, 0.29) is 11.5 Å². The number of halogens is 1. The Morgan fingerprint density at radius 3 is 2.88 bits per heavy atom. The van der Waals surface area contributed by atoms with Crippen molar-refractivity contribution in [3.05, 3.63) is 53.4 Å². The van der Waals surface area contributed by atoms with Gasteiger partial charge in [0.1, 0.15) is 5.82 Å². The summed E-state index contributed by atoms with van der Waals surface area (Å²) >= 11 is 0. The first-order chi connectivity index (χ1) is 12.6. The summed E-state index contributed by atoms with van der Waals surface area (Å²) in [4.78, 5) is 30.6. The third kappa shape index (κ3) is 4.35. The van der Waals surface area contributed by atoms with E-state index in [0.717, 1.165) is 25.9 Å². The number of aromatic nitrogens is 2. The second-order valence-corrected chi connectivity index (χ2v) is 6.68. The molecule has 3 rings (SSSR count). The van der Waals surface area contributed by atoms with Gasteiger partial charge in [0, 0.05) is 19.2 Å². The Morgan fingerprint density at radius 1 is 1.38 bits per heavy atom. The third-order valence-electron chi connectivity index (χ3n) is 4.76. The second kappa shape index (κ2) is 8.23. The Balaban J connectivity index is 1.58. The SMILES string of the molecule is C=CCNC(=O)CN1CCC(Cn2cnc3cc(F)ccc3c2=O)CC1. The Morgan fingerprint density at radius 2 is 2.15 bits per heavy atom. The third-order valence-corrected chi connectivity index (χ3v) is 4.76. The summed E-state index contributed by atoms with van der Waals surface area (Å²) < 4.78 is 14.9. The maximum Gasteiger partial charge on any atom is 0.261 e. The van der Waals surface area contributed by atoms with E-state index in [2.05, 4.69) is 21.8 Å². The minimum atomic E-state index is -0.397. The molecule has 0 spiro atoms. The van der Waals surface area contributed by atoms with Crippen LogP contribution in [0.2, 0.25) is 0 Å². The van der Waals surface area contributed by atoms with Crippen molar-refractivity contribution in [2.24, 2.45) is 5.92 Å². The number of hydrogen-bond acceptors (Lipinski definition) is 4. The first-order valence-electron chi connectivity index (χ1n) is 8.81. The zero-order valence-electron chi connectivity index (χ0n) is 14.7. The Kier molecular flexibility index (Phi) is 5.78. The lowest BCUT2D eigenvalue weighted by Gasteiger charge is -2.31. The Hall–Kier alpha value is -2.54. The fourth-order valence-electron chi connectivity index (χ4n) is 3.31. The summed E-state index contributed by atoms with van der Waals surface area (Å²) in [5.41, 5.74) is 0.243. The number of nitrogens with one attached hydrogen (secondary N) is 1. The fourth-order valence-corrected chi connectivity index (χ4v) is 3.31. The topological polar surface area (TPSA) is 67.2 Å². The van der Waals surface area contributed by atoms with E-state index < -0.39 is 5.82 Å². The van der Waals surface area contributed by atoms with E-state index in [1.54, 1.807) is 10.6 Å². The maximum absolute atomic E-state index is 13.3. The first-order valence-corrected chi connectivity index (χ1v) is 8.81. The number of likely N-dealkylation sites (tertiary alicyclic amines) is 1. The molecule has 0 aliphatic carbocycles. The molecule has 2 heterocycles. The molecular weight excluding hydrogens is 335 g/mol. The van der Waals surface area contributed by atoms with Crippen molar-refractivity contribution in [1.82, 2.24) is 19.8 Å². The smallest absolute Gasteiger partial charge is 0.261 e. The largest absolute Gasteiger partial charge is 0.352 e. The lowest BCUT2D eigenvalue weighted by atomic mass is 9.96. The van der Waals surface area contributed by atoms with Crippen LogP contribution in [0.5, 0.6) is 0 Å². The highest BCUT2D eigenvalue weighted by Crippen LogP contribution is 2.19. The molecule has 0 bridgehead atoms. The number of hydrogen-bond donors (Lipinski definition) is 1. The number of fused-ring (bicyclic) bond motifs is 1. The predicted octanol–water partition coefficient (Wildman–Crippen LogP) is 1.55. The van der Waals surface area contributed by atoms with E-state index >= 15 is 0 Å². The van der Waals surface area contributed by atoms with Crippen LogP contribution in [-0.4, -0.2) is 46.5 Å². The zero-order chi connectivity index (χ0) is 18.5. The summed E-state index contributed by atoms with van der Waals surface area (Å²) in [5, 5.41) is 3.22. The number of carbonyl (C=O) groups excluding carboxylic acids is 1. The van der Waals surface area contributed by atoms with E-state index in [1.807, 2.05) is 0 Å². The van der Waals surface area contributed by atoms with Gasteiger partial charge >= 0.3 is 0 Å². The van der Waals surface area contributed by atoms with Crippen LogP contribution in [0, 0.1) is 11.7 Å². The molecule has 1 aliphatic heterocycles. The molecule has 1 aliphatic rings. The number of benzene rings is 1. The molecule has 0 unspecified atom stereocenters. The van der Waals surface area contributed by atoms with Crippen molar-refractivity contribution in [3.63, 3.8) is 0 Å². The van der Waals surface area contributed by atoms with Gasteiger partial charge in [-0.05, 0) is 44.0 Å². The fraction of sp³-hybridized carbons (Fsp3) is 0.421. The highest BCUT2D eigenvalue weighted by atomic mass is 19.1. The highest BCUT2D eigenvalue weighted by molar-refractivity contribution is 5.78. The lowest BCUT2D eigenvalue weighted by molar-refractivity contribution is -0.122. The molecule has 0 radical (unpaired) electrons. The van der Waals surface area contributed by atoms with Crippen molar-refractivity contribution < 1.29 is 9.18 Å². The molecule has 1 aromatic carbocycles. The molecule has 138 valence electrons. The van der Waals surface area contributed by atoms with Gasteiger partial charge in [-0.15, -0.1) is 6.58 Å². The number of carbonyl (C=O) groups is 1. The van der Waals surface area contributed by atoms with Gasteiger partial charge in [-0.1, -0.05) is 6.08 Å². The van der Waals surface area contributed by atoms with Gasteiger partial charge in [-0.2, -0.15) is 0 Å². The van der Waals surface area contributed by atoms with Gasteiger partial charge in [0.2, 0.25) is 5.91 Å². The quantitative estimate of drug-likeness (QED) is 0.796. The van der Waals surface area contributed by atoms with Gasteiger partial charge in [-0.3, -0.25) is 19.1 Å². The van der Waals surface area contributed by atoms with Crippen LogP contribution in [0.3, 0.4) is 0 Å². The van der Waals surface area contributed by atoms with E-state index in [0.29, 0.717) is 36.5 Å². The van der Waals surface area contributed by atoms with Crippen LogP contribution in [0.25, 0.3) is 10.9 Å². The van der Waals surface area contributed by atoms with Crippen molar-refractivity contribution >= 4 is 16.8 Å². The monoisotopic (exact) mass is 358 g/mol. The Bertz CT molecular complexity index is 856. The van der Waals surface area contributed by atoms with Crippen LogP contribution in [0.4, 0.5) is 4.39 Å². The van der Waals surface area contributed by atoms with E-state index in [9.17, 15) is 14.0 Å². The molecule has 0 atom stereocenters. The number of piperidine rings is 1. The van der Waals surface area contributed by atoms with Gasteiger partial charge in [0.25, 0.3) is 5.56 Å². The second-order valence-electron chi connectivity index (χ2n) is 6.68. The van der Waals surface area contributed by atoms with Crippen molar-refractivity contribution in [1.29, 1.82) is 0 Å². The first kappa shape index (κ1) is 18.3. The van der Waals surface area contributed by atoms with E-state index in [4.69, 9.17) is 0 Å². The summed E-state index contributed by atoms with van der Waals surface area (Å²) in [7, 11) is 0. The van der Waals surface area contributed by atoms with Gasteiger partial charge < -0.3 is 5.32 Å². The molecule has 1 fully saturated rings. The molecule has 26 heavy (non-hydrogen) atoms. The summed E-state index contributed by atoms with van der Waals surface area (Å²) in [6, 6.07) is 4.05. The van der Waals surface area contributed by atoms with Gasteiger partial charge in [-0.25, -0.2) is 9.37 Å². The molecular formula is C19H23FN4O2. The number of nitrogens with zero attached hydrogens (tertiary/aromatic N) is 3. The van der Waals surface area contributed by atoms with Crippen LogP contribution >= 0.6 is 0 Å². The maximum atomic E-state index is 13.3. The normalized spacial score (nSPS) is 15.9. The lowest BCUT2D eigenvalue weighted by Crippen LogP contribution is -2.42. The summed E-state index contributed by atoms with van der Waals surface area (Å²) in [5.74, 6) is -0.0305. The molecule has 1 saturated heterocycles. The molecule has 6 nitrogen and oxygen atoms in total. The van der Waals surface area contributed by atoms with Crippen LogP contribution in [-0.2, 0) is 11.3 Å². The standard InChI is InChI=1S/C19H23FN4O2/c1-2-7-21-18(25)12-23-8-5-14(6-9-23)11-24-13-22-17-10-15(20)3-4-16(17)19(24)26/h2-4,10,13-14H,1,5-9,11-12H2,(H,21,25).